The van der Waals surface area contributed by atoms with Crippen molar-refractivity contribution in [2.45, 2.75) is 58.5 Å². The minimum atomic E-state index is -0.258. The fraction of sp³-hybridized carbons (Fsp3) is 0.947. The van der Waals surface area contributed by atoms with Crippen LogP contribution in [0, 0.1) is 11.8 Å². The molecule has 0 aliphatic carbocycles. The molecule has 2 saturated heterocycles. The molecule has 2 fully saturated rings. The van der Waals surface area contributed by atoms with Crippen molar-refractivity contribution in [3.63, 3.8) is 0 Å². The topological polar surface area (TPSA) is 55.8 Å². The fourth-order valence-corrected chi connectivity index (χ4v) is 3.96. The lowest BCUT2D eigenvalue weighted by atomic mass is 9.97. The van der Waals surface area contributed by atoms with E-state index in [1.54, 1.807) is 0 Å². The van der Waals surface area contributed by atoms with Gasteiger partial charge in [-0.3, -0.25) is 4.79 Å². The average molecular weight is 340 g/mol. The monoisotopic (exact) mass is 339 g/mol. The van der Waals surface area contributed by atoms with E-state index in [2.05, 4.69) is 22.0 Å². The molecular formula is C19H37N3O2. The van der Waals surface area contributed by atoms with Gasteiger partial charge in [-0.25, -0.2) is 0 Å². The number of β-amino-alcohol motifs (C(OH)–C–C–N with tert-alkyl or cyclic N) is 1. The third-order valence-corrected chi connectivity index (χ3v) is 5.48. The number of hydrogen-bond acceptors (Lipinski definition) is 4. The van der Waals surface area contributed by atoms with Crippen LogP contribution >= 0.6 is 0 Å². The Morgan fingerprint density at radius 2 is 1.88 bits per heavy atom. The van der Waals surface area contributed by atoms with E-state index in [4.69, 9.17) is 0 Å². The molecule has 1 amide bonds. The Morgan fingerprint density at radius 3 is 2.58 bits per heavy atom. The lowest BCUT2D eigenvalue weighted by Gasteiger charge is -2.36. The molecule has 5 heteroatoms. The van der Waals surface area contributed by atoms with Gasteiger partial charge < -0.3 is 20.2 Å². The van der Waals surface area contributed by atoms with Crippen LogP contribution in [0.25, 0.3) is 0 Å². The van der Waals surface area contributed by atoms with Crippen molar-refractivity contribution in [2.24, 2.45) is 11.8 Å². The number of nitrogens with zero attached hydrogens (tertiary/aromatic N) is 2. The summed E-state index contributed by atoms with van der Waals surface area (Å²) >= 11 is 0. The molecule has 0 spiro atoms. The molecule has 0 saturated carbocycles. The van der Waals surface area contributed by atoms with Gasteiger partial charge in [-0.2, -0.15) is 0 Å². The first-order valence-corrected chi connectivity index (χ1v) is 9.96. The van der Waals surface area contributed by atoms with Crippen molar-refractivity contribution in [2.75, 3.05) is 45.8 Å². The molecule has 2 unspecified atom stereocenters. The van der Waals surface area contributed by atoms with Crippen LogP contribution in [-0.2, 0) is 4.79 Å². The quantitative estimate of drug-likeness (QED) is 0.707. The van der Waals surface area contributed by atoms with E-state index in [1.807, 2.05) is 6.92 Å². The van der Waals surface area contributed by atoms with Gasteiger partial charge in [0.25, 0.3) is 0 Å². The lowest BCUT2D eigenvalue weighted by Crippen LogP contribution is -2.47. The van der Waals surface area contributed by atoms with E-state index in [1.165, 1.54) is 25.7 Å². The van der Waals surface area contributed by atoms with E-state index >= 15 is 0 Å². The van der Waals surface area contributed by atoms with E-state index in [-0.39, 0.29) is 12.0 Å². The minimum Gasteiger partial charge on any atom is -0.390 e. The molecule has 140 valence electrons. The summed E-state index contributed by atoms with van der Waals surface area (Å²) in [7, 11) is 0. The zero-order valence-electron chi connectivity index (χ0n) is 15.7. The molecule has 0 aromatic carbocycles. The van der Waals surface area contributed by atoms with E-state index in [9.17, 15) is 9.90 Å². The molecule has 0 radical (unpaired) electrons. The second-order valence-corrected chi connectivity index (χ2v) is 7.96. The summed E-state index contributed by atoms with van der Waals surface area (Å²) in [5.41, 5.74) is 0. The molecule has 2 aliphatic heterocycles. The maximum Gasteiger partial charge on any atom is 0.219 e. The smallest absolute Gasteiger partial charge is 0.219 e. The van der Waals surface area contributed by atoms with Gasteiger partial charge in [0.05, 0.1) is 6.10 Å². The third-order valence-electron chi connectivity index (χ3n) is 5.48. The first-order chi connectivity index (χ1) is 11.6. The fourth-order valence-electron chi connectivity index (χ4n) is 3.96. The minimum absolute atomic E-state index is 0.175. The van der Waals surface area contributed by atoms with Crippen molar-refractivity contribution in [3.05, 3.63) is 0 Å². The van der Waals surface area contributed by atoms with Gasteiger partial charge in [0, 0.05) is 32.6 Å². The third kappa shape index (κ3) is 7.08. The number of aliphatic hydroxyl groups excluding tert-OH is 1. The van der Waals surface area contributed by atoms with Crippen molar-refractivity contribution >= 4 is 5.91 Å². The Balaban J connectivity index is 1.65. The van der Waals surface area contributed by atoms with Crippen LogP contribution in [0.15, 0.2) is 0 Å². The molecule has 5 nitrogen and oxygen atoms in total. The number of carbonyl (C=O) groups excluding carboxylic acids is 1. The highest BCUT2D eigenvalue weighted by Gasteiger charge is 2.24. The van der Waals surface area contributed by atoms with Crippen LogP contribution in [0.3, 0.4) is 0 Å². The number of hydrogen-bond donors (Lipinski definition) is 2. The predicted octanol–water partition coefficient (Wildman–Crippen LogP) is 1.71. The lowest BCUT2D eigenvalue weighted by molar-refractivity contribution is -0.121. The van der Waals surface area contributed by atoms with E-state index in [0.717, 1.165) is 58.2 Å². The standard InChI is InChI=1S/C19H37N3O2/c1-3-5-19(24)20-12-17-6-4-9-22(13-17)15-18(23)14-21-10-7-16(2)8-11-21/h16-18,23H,3-15H2,1-2H3,(H,20,24). The number of amides is 1. The average Bonchev–Trinajstić information content (AvgIpc) is 2.56. The van der Waals surface area contributed by atoms with Crippen LogP contribution in [0.2, 0.25) is 0 Å². The molecule has 2 heterocycles. The molecule has 24 heavy (non-hydrogen) atoms. The number of piperidine rings is 2. The second kappa shape index (κ2) is 10.4. The van der Waals surface area contributed by atoms with Crippen LogP contribution in [0.1, 0.15) is 52.4 Å². The van der Waals surface area contributed by atoms with Gasteiger partial charge in [0.1, 0.15) is 0 Å². The van der Waals surface area contributed by atoms with E-state index in [0.29, 0.717) is 12.3 Å². The highest BCUT2D eigenvalue weighted by Crippen LogP contribution is 2.18. The maximum atomic E-state index is 11.6. The van der Waals surface area contributed by atoms with Gasteiger partial charge in [-0.05, 0) is 63.6 Å². The Hall–Kier alpha value is -0.650. The summed E-state index contributed by atoms with van der Waals surface area (Å²) in [6, 6.07) is 0. The van der Waals surface area contributed by atoms with Crippen molar-refractivity contribution in [1.82, 2.24) is 15.1 Å². The SMILES string of the molecule is CCCC(=O)NCC1CCCN(CC(O)CN2CCC(C)CC2)C1. The zero-order valence-corrected chi connectivity index (χ0v) is 15.7. The summed E-state index contributed by atoms with van der Waals surface area (Å²) in [6.07, 6.45) is 6.15. The molecule has 2 aliphatic rings. The molecule has 0 aromatic rings. The predicted molar refractivity (Wildman–Crippen MR) is 97.9 cm³/mol. The Labute approximate surface area is 147 Å². The van der Waals surface area contributed by atoms with Gasteiger partial charge in [-0.15, -0.1) is 0 Å². The summed E-state index contributed by atoms with van der Waals surface area (Å²) in [6.45, 7) is 11.1. The van der Waals surface area contributed by atoms with Crippen LogP contribution in [0.5, 0.6) is 0 Å². The molecular weight excluding hydrogens is 302 g/mol. The number of rotatable bonds is 8. The summed E-state index contributed by atoms with van der Waals surface area (Å²) < 4.78 is 0. The van der Waals surface area contributed by atoms with E-state index < -0.39 is 0 Å². The summed E-state index contributed by atoms with van der Waals surface area (Å²) in [4.78, 5) is 16.4. The number of likely N-dealkylation sites (tertiary alicyclic amines) is 2. The number of aliphatic hydroxyl groups is 1. The van der Waals surface area contributed by atoms with Crippen LogP contribution in [-0.4, -0.2) is 72.7 Å². The van der Waals surface area contributed by atoms with Gasteiger partial charge >= 0.3 is 0 Å². The molecule has 2 rings (SSSR count). The zero-order chi connectivity index (χ0) is 17.4. The van der Waals surface area contributed by atoms with Gasteiger partial charge in [0.15, 0.2) is 0 Å². The molecule has 2 N–H and O–H groups in total. The Morgan fingerprint density at radius 1 is 1.17 bits per heavy atom. The summed E-state index contributed by atoms with van der Waals surface area (Å²) in [5.74, 6) is 1.54. The van der Waals surface area contributed by atoms with Crippen molar-refractivity contribution < 1.29 is 9.90 Å². The Kier molecular flexibility index (Phi) is 8.50. The summed E-state index contributed by atoms with van der Waals surface area (Å²) in [5, 5.41) is 13.5. The van der Waals surface area contributed by atoms with Gasteiger partial charge in [0.2, 0.25) is 5.91 Å². The van der Waals surface area contributed by atoms with Gasteiger partial charge in [-0.1, -0.05) is 13.8 Å². The van der Waals surface area contributed by atoms with Crippen molar-refractivity contribution in [3.8, 4) is 0 Å². The largest absolute Gasteiger partial charge is 0.390 e. The first kappa shape index (κ1) is 19.7. The molecule has 0 bridgehead atoms. The highest BCUT2D eigenvalue weighted by atomic mass is 16.3. The maximum absolute atomic E-state index is 11.6. The second-order valence-electron chi connectivity index (χ2n) is 7.96. The number of carbonyl (C=O) groups is 1. The first-order valence-electron chi connectivity index (χ1n) is 9.96. The van der Waals surface area contributed by atoms with Crippen LogP contribution in [0.4, 0.5) is 0 Å². The number of nitrogens with one attached hydrogen (secondary N) is 1. The normalized spacial score (nSPS) is 25.5. The Bertz CT molecular complexity index is 370. The molecule has 0 aromatic heterocycles. The highest BCUT2D eigenvalue weighted by molar-refractivity contribution is 5.75. The van der Waals surface area contributed by atoms with Crippen LogP contribution < -0.4 is 5.32 Å². The molecule has 2 atom stereocenters. The van der Waals surface area contributed by atoms with Crippen molar-refractivity contribution in [1.29, 1.82) is 0 Å².